The van der Waals surface area contributed by atoms with Crippen LogP contribution >= 0.6 is 0 Å². The van der Waals surface area contributed by atoms with Gasteiger partial charge in [0.2, 0.25) is 15.9 Å². The van der Waals surface area contributed by atoms with E-state index in [9.17, 15) is 13.2 Å². The van der Waals surface area contributed by atoms with E-state index >= 15 is 0 Å². The van der Waals surface area contributed by atoms with Crippen molar-refractivity contribution < 1.29 is 22.7 Å². The van der Waals surface area contributed by atoms with E-state index in [0.717, 1.165) is 25.7 Å². The summed E-state index contributed by atoms with van der Waals surface area (Å²) in [6.07, 6.45) is 5.60. The highest BCUT2D eigenvalue weighted by molar-refractivity contribution is 7.89. The molecule has 0 aliphatic carbocycles. The summed E-state index contributed by atoms with van der Waals surface area (Å²) in [7, 11) is -1.99. The summed E-state index contributed by atoms with van der Waals surface area (Å²) in [5.41, 5.74) is 0. The minimum atomic E-state index is -3.52. The second-order valence-electron chi connectivity index (χ2n) is 8.32. The highest BCUT2D eigenvalue weighted by atomic mass is 32.2. The smallest absolute Gasteiger partial charge is 0.243 e. The van der Waals surface area contributed by atoms with Crippen LogP contribution in [0.2, 0.25) is 0 Å². The first kappa shape index (κ1) is 20.6. The number of fused-ring (bicyclic) bond motifs is 2. The molecule has 4 rings (SSSR count). The fraction of sp³-hybridized carbons (Fsp3) is 0.667. The van der Waals surface area contributed by atoms with Crippen LogP contribution in [0.5, 0.6) is 5.75 Å². The van der Waals surface area contributed by atoms with Gasteiger partial charge in [0.05, 0.1) is 24.2 Å². The molecule has 2 atom stereocenters. The number of hydrogen-bond donors (Lipinski definition) is 0. The molecule has 3 saturated heterocycles. The predicted molar refractivity (Wildman–Crippen MR) is 108 cm³/mol. The van der Waals surface area contributed by atoms with Crippen LogP contribution in [-0.2, 0) is 19.6 Å². The molecule has 3 heterocycles. The summed E-state index contributed by atoms with van der Waals surface area (Å²) in [5, 5.41) is 0. The molecule has 0 radical (unpaired) electrons. The number of sulfonamides is 1. The third-order valence-electron chi connectivity index (χ3n) is 6.52. The predicted octanol–water partition coefficient (Wildman–Crippen LogP) is 2.41. The summed E-state index contributed by atoms with van der Waals surface area (Å²) < 4.78 is 38.9. The molecular weight excluding hydrogens is 392 g/mol. The molecule has 1 aromatic rings. The number of carbonyl (C=O) groups is 1. The first-order valence-corrected chi connectivity index (χ1v) is 11.9. The van der Waals surface area contributed by atoms with Gasteiger partial charge in [0.15, 0.2) is 0 Å². The van der Waals surface area contributed by atoms with E-state index in [1.54, 1.807) is 35.5 Å². The maximum Gasteiger partial charge on any atom is 0.243 e. The van der Waals surface area contributed by atoms with Gasteiger partial charge < -0.3 is 14.4 Å². The van der Waals surface area contributed by atoms with Crippen LogP contribution in [0.1, 0.15) is 45.4 Å². The normalized spacial score (nSPS) is 28.5. The minimum Gasteiger partial charge on any atom is -0.497 e. The molecule has 2 unspecified atom stereocenters. The number of carbonyl (C=O) groups excluding carboxylic acids is 1. The third-order valence-corrected chi connectivity index (χ3v) is 8.41. The van der Waals surface area contributed by atoms with Gasteiger partial charge in [-0.25, -0.2) is 8.42 Å². The van der Waals surface area contributed by atoms with E-state index in [4.69, 9.17) is 9.47 Å². The summed E-state index contributed by atoms with van der Waals surface area (Å²) in [6, 6.07) is 7.23. The second kappa shape index (κ2) is 8.24. The van der Waals surface area contributed by atoms with Crippen LogP contribution in [0, 0.1) is 0 Å². The summed E-state index contributed by atoms with van der Waals surface area (Å²) >= 11 is 0. The largest absolute Gasteiger partial charge is 0.497 e. The average Bonchev–Trinajstić information content (AvgIpc) is 3.00. The average molecular weight is 423 g/mol. The Labute approximate surface area is 173 Å². The standard InChI is InChI=1S/C21H30N2O5S/c1-15(24)23-16-6-7-17(23)13-20(12-16)28-18-8-10-22(11-9-18)29(25,26)21-5-3-4-19(14-21)27-2/h3-5,14,16-18,20H,6-13H2,1-2H3. The van der Waals surface area contributed by atoms with Gasteiger partial charge in [-0.15, -0.1) is 0 Å². The van der Waals surface area contributed by atoms with Crippen molar-refractivity contribution in [1.82, 2.24) is 9.21 Å². The highest BCUT2D eigenvalue weighted by Gasteiger charge is 2.43. The second-order valence-corrected chi connectivity index (χ2v) is 10.3. The van der Waals surface area contributed by atoms with Crippen molar-refractivity contribution in [2.75, 3.05) is 20.2 Å². The van der Waals surface area contributed by atoms with Crippen molar-refractivity contribution in [1.29, 1.82) is 0 Å². The monoisotopic (exact) mass is 422 g/mol. The van der Waals surface area contributed by atoms with Crippen molar-refractivity contribution in [2.24, 2.45) is 0 Å². The number of ether oxygens (including phenoxy) is 2. The van der Waals surface area contributed by atoms with Crippen molar-refractivity contribution >= 4 is 15.9 Å². The van der Waals surface area contributed by atoms with Gasteiger partial charge in [-0.1, -0.05) is 6.07 Å². The molecular formula is C21H30N2O5S. The summed E-state index contributed by atoms with van der Waals surface area (Å²) in [6.45, 7) is 2.58. The summed E-state index contributed by atoms with van der Waals surface area (Å²) in [4.78, 5) is 14.2. The number of rotatable bonds is 5. The Morgan fingerprint density at radius 3 is 2.28 bits per heavy atom. The first-order chi connectivity index (χ1) is 13.9. The number of piperidine rings is 2. The fourth-order valence-electron chi connectivity index (χ4n) is 5.14. The zero-order chi connectivity index (χ0) is 20.6. The van der Waals surface area contributed by atoms with Gasteiger partial charge in [-0.3, -0.25) is 4.79 Å². The molecule has 1 amide bonds. The lowest BCUT2D eigenvalue weighted by molar-refractivity contribution is -0.138. The minimum absolute atomic E-state index is 0.0834. The molecule has 3 aliphatic heterocycles. The molecule has 1 aromatic carbocycles. The van der Waals surface area contributed by atoms with Crippen molar-refractivity contribution in [2.45, 2.75) is 74.6 Å². The summed E-state index contributed by atoms with van der Waals surface area (Å²) in [5.74, 6) is 0.711. The van der Waals surface area contributed by atoms with Gasteiger partial charge in [-0.05, 0) is 50.7 Å². The Morgan fingerprint density at radius 2 is 1.69 bits per heavy atom. The maximum atomic E-state index is 12.9. The Bertz CT molecular complexity index is 836. The molecule has 7 nitrogen and oxygen atoms in total. The molecule has 0 saturated carbocycles. The fourth-order valence-corrected chi connectivity index (χ4v) is 6.65. The van der Waals surface area contributed by atoms with E-state index in [1.165, 1.54) is 7.11 Å². The van der Waals surface area contributed by atoms with Crippen molar-refractivity contribution in [3.05, 3.63) is 24.3 Å². The molecule has 3 fully saturated rings. The SMILES string of the molecule is COc1cccc(S(=O)(=O)N2CCC(OC3CC4CCC(C3)N4C(C)=O)CC2)c1. The van der Waals surface area contributed by atoms with Gasteiger partial charge in [-0.2, -0.15) is 4.31 Å². The van der Waals surface area contributed by atoms with E-state index in [2.05, 4.69) is 0 Å². The van der Waals surface area contributed by atoms with Gasteiger partial charge in [0, 0.05) is 38.2 Å². The Morgan fingerprint density at radius 1 is 1.03 bits per heavy atom. The number of benzene rings is 1. The topological polar surface area (TPSA) is 76.2 Å². The third kappa shape index (κ3) is 4.15. The van der Waals surface area contributed by atoms with Crippen LogP contribution in [0.25, 0.3) is 0 Å². The van der Waals surface area contributed by atoms with Crippen molar-refractivity contribution in [3.63, 3.8) is 0 Å². The maximum absolute atomic E-state index is 12.9. The lowest BCUT2D eigenvalue weighted by Crippen LogP contribution is -2.49. The van der Waals surface area contributed by atoms with E-state index in [0.29, 0.717) is 43.8 Å². The van der Waals surface area contributed by atoms with Gasteiger partial charge in [0.1, 0.15) is 5.75 Å². The molecule has 8 heteroatoms. The lowest BCUT2D eigenvalue weighted by atomic mass is 9.98. The molecule has 0 spiro atoms. The van der Waals surface area contributed by atoms with Gasteiger partial charge in [0.25, 0.3) is 0 Å². The van der Waals surface area contributed by atoms with Crippen LogP contribution in [0.3, 0.4) is 0 Å². The molecule has 2 bridgehead atoms. The van der Waals surface area contributed by atoms with Crippen LogP contribution < -0.4 is 4.74 Å². The molecule has 3 aliphatic rings. The first-order valence-electron chi connectivity index (χ1n) is 10.5. The van der Waals surface area contributed by atoms with Crippen LogP contribution in [0.4, 0.5) is 0 Å². The molecule has 160 valence electrons. The number of nitrogens with zero attached hydrogens (tertiary/aromatic N) is 2. The highest BCUT2D eigenvalue weighted by Crippen LogP contribution is 2.38. The van der Waals surface area contributed by atoms with Crippen LogP contribution in [0.15, 0.2) is 29.2 Å². The Hall–Kier alpha value is -1.64. The number of hydrogen-bond acceptors (Lipinski definition) is 5. The van der Waals surface area contributed by atoms with E-state index < -0.39 is 10.0 Å². The van der Waals surface area contributed by atoms with Crippen LogP contribution in [-0.4, -0.2) is 68.0 Å². The van der Waals surface area contributed by atoms with E-state index in [1.807, 2.05) is 4.90 Å². The lowest BCUT2D eigenvalue weighted by Gasteiger charge is -2.40. The quantitative estimate of drug-likeness (QED) is 0.728. The zero-order valence-electron chi connectivity index (χ0n) is 17.1. The molecule has 0 aromatic heterocycles. The number of methoxy groups -OCH3 is 1. The molecule has 29 heavy (non-hydrogen) atoms. The van der Waals surface area contributed by atoms with E-state index in [-0.39, 0.29) is 23.0 Å². The Balaban J connectivity index is 1.32. The van der Waals surface area contributed by atoms with Gasteiger partial charge >= 0.3 is 0 Å². The van der Waals surface area contributed by atoms with Crippen molar-refractivity contribution in [3.8, 4) is 5.75 Å². The zero-order valence-corrected chi connectivity index (χ0v) is 17.9. The Kier molecular flexibility index (Phi) is 5.86. The number of amides is 1. The molecule has 0 N–H and O–H groups in total.